The second-order valence-corrected chi connectivity index (χ2v) is 28.8. The molecule has 0 N–H and O–H groups in total. The van der Waals surface area contributed by atoms with Crippen molar-refractivity contribution in [2.24, 2.45) is 71.0 Å². The second kappa shape index (κ2) is 24.5. The maximum absolute atomic E-state index is 13.5. The molecule has 19 heteroatoms. The van der Waals surface area contributed by atoms with E-state index in [1.807, 2.05) is 6.92 Å². The van der Waals surface area contributed by atoms with Gasteiger partial charge in [0.1, 0.15) is 0 Å². The third-order valence-corrected chi connectivity index (χ3v) is 24.2. The van der Waals surface area contributed by atoms with E-state index in [4.69, 9.17) is 23.0 Å². The number of quaternary nitrogens is 2. The largest absolute Gasteiger partial charge is 0.512 e. The first kappa shape index (κ1) is 57.8. The number of anilines is 2. The van der Waals surface area contributed by atoms with E-state index in [-0.39, 0.29) is 66.6 Å². The van der Waals surface area contributed by atoms with E-state index in [0.717, 1.165) is 171 Å². The van der Waals surface area contributed by atoms with Gasteiger partial charge in [-0.2, -0.15) is 8.75 Å². The molecule has 0 radical (unpaired) electrons. The molecular formula is C65H88N8O9S2+2. The Balaban J connectivity index is 0.000000157. The minimum Gasteiger partial charge on any atom is -0.434 e. The highest BCUT2D eigenvalue weighted by Gasteiger charge is 2.62. The van der Waals surface area contributed by atoms with E-state index < -0.39 is 6.16 Å². The van der Waals surface area contributed by atoms with Crippen molar-refractivity contribution in [3.05, 3.63) is 48.5 Å². The SMILES string of the molecule is CCCC(=O)OC[N+]1(CC2CCCCC2CN2C(=O)C3C4CCC(C4)C3C2=O)CCN(c2nsc3ccccc23)CC1.CCOC(=O)OC[N+]1(CC2CCCCC2CN2C(=O)C3C4CCC(C4)C3C2=O)CCN(c2nsc3ccccc23)CC1. The van der Waals surface area contributed by atoms with E-state index in [1.165, 1.54) is 38.1 Å². The van der Waals surface area contributed by atoms with Gasteiger partial charge in [-0.15, -0.1) is 0 Å². The van der Waals surface area contributed by atoms with Gasteiger partial charge in [-0.3, -0.25) is 42.7 Å². The van der Waals surface area contributed by atoms with Gasteiger partial charge in [0, 0.05) is 42.1 Å². The first-order valence-corrected chi connectivity index (χ1v) is 34.0. The van der Waals surface area contributed by atoms with Crippen molar-refractivity contribution in [3.8, 4) is 0 Å². The Morgan fingerprint density at radius 1 is 0.524 bits per heavy atom. The number of rotatable bonds is 17. The van der Waals surface area contributed by atoms with Gasteiger partial charge in [0.05, 0.1) is 105 Å². The molecule has 4 aliphatic heterocycles. The summed E-state index contributed by atoms with van der Waals surface area (Å²) in [5.74, 6) is 5.40. The zero-order valence-electron chi connectivity index (χ0n) is 49.5. The molecule has 4 aromatic rings. The summed E-state index contributed by atoms with van der Waals surface area (Å²) in [5.41, 5.74) is 0. The van der Waals surface area contributed by atoms with Crippen LogP contribution >= 0.6 is 23.1 Å². The van der Waals surface area contributed by atoms with Crippen LogP contribution in [0.5, 0.6) is 0 Å². The van der Waals surface area contributed by atoms with Gasteiger partial charge in [0.25, 0.3) is 0 Å². The van der Waals surface area contributed by atoms with Gasteiger partial charge >= 0.3 is 12.1 Å². The Labute approximate surface area is 503 Å². The number of benzene rings is 2. The summed E-state index contributed by atoms with van der Waals surface area (Å²) in [6, 6.07) is 16.8. The summed E-state index contributed by atoms with van der Waals surface area (Å²) < 4.78 is 30.2. The Hall–Kier alpha value is -5.24. The quantitative estimate of drug-likeness (QED) is 0.0557. The van der Waals surface area contributed by atoms with E-state index in [1.54, 1.807) is 28.3 Å². The fraction of sp³-hybridized carbons (Fsp3) is 0.692. The Morgan fingerprint density at radius 3 is 1.32 bits per heavy atom. The van der Waals surface area contributed by atoms with Crippen LogP contribution in [0.3, 0.4) is 0 Å². The predicted molar refractivity (Wildman–Crippen MR) is 322 cm³/mol. The summed E-state index contributed by atoms with van der Waals surface area (Å²) in [7, 11) is 0. The number of ether oxygens (including phenoxy) is 3. The number of hydrogen-bond acceptors (Lipinski definition) is 15. The summed E-state index contributed by atoms with van der Waals surface area (Å²) in [6.45, 7) is 14.6. The maximum Gasteiger partial charge on any atom is 0.512 e. The second-order valence-electron chi connectivity index (χ2n) is 27.2. The van der Waals surface area contributed by atoms with E-state index >= 15 is 0 Å². The topological polar surface area (TPSA) is 169 Å². The van der Waals surface area contributed by atoms with E-state index in [9.17, 15) is 28.8 Å². The number of amides is 4. The highest BCUT2D eigenvalue weighted by atomic mass is 32.1. The number of hydrogen-bond donors (Lipinski definition) is 0. The molecule has 2 aromatic heterocycles. The number of piperazine rings is 2. The highest BCUT2D eigenvalue weighted by molar-refractivity contribution is 7.14. The number of likely N-dealkylation sites (tertiary alicyclic amines) is 2. The van der Waals surface area contributed by atoms with Gasteiger partial charge in [0.2, 0.25) is 37.1 Å². The third-order valence-electron chi connectivity index (χ3n) is 22.6. The average Bonchev–Trinajstić information content (AvgIpc) is 2.16. The number of carbonyl (C=O) groups excluding carboxylic acids is 6. The van der Waals surface area contributed by atoms with Crippen molar-refractivity contribution in [1.82, 2.24) is 18.5 Å². The average molecular weight is 1190 g/mol. The first-order valence-electron chi connectivity index (χ1n) is 32.5. The zero-order chi connectivity index (χ0) is 57.7. The fourth-order valence-corrected chi connectivity index (χ4v) is 19.9. The van der Waals surface area contributed by atoms with Crippen molar-refractivity contribution in [3.63, 3.8) is 0 Å². The van der Waals surface area contributed by atoms with Crippen LogP contribution in [0.15, 0.2) is 48.5 Å². The molecule has 4 saturated heterocycles. The van der Waals surface area contributed by atoms with Crippen LogP contribution in [0.2, 0.25) is 0 Å². The summed E-state index contributed by atoms with van der Waals surface area (Å²) in [5, 5.41) is 2.40. The van der Waals surface area contributed by atoms with Crippen LogP contribution in [-0.4, -0.2) is 162 Å². The third kappa shape index (κ3) is 11.2. The zero-order valence-corrected chi connectivity index (χ0v) is 51.2. The maximum atomic E-state index is 13.5. The predicted octanol–water partition coefficient (Wildman–Crippen LogP) is 9.97. The summed E-state index contributed by atoms with van der Waals surface area (Å²) >= 11 is 3.09. The molecule has 4 amide bonds. The van der Waals surface area contributed by atoms with Crippen LogP contribution in [0.1, 0.15) is 117 Å². The molecule has 4 bridgehead atoms. The van der Waals surface area contributed by atoms with Crippen LogP contribution in [0.25, 0.3) is 20.2 Å². The number of esters is 1. The number of aromatic nitrogens is 2. The molecule has 2 aromatic carbocycles. The highest BCUT2D eigenvalue weighted by Crippen LogP contribution is 2.58. The molecule has 452 valence electrons. The minimum atomic E-state index is -0.613. The Kier molecular flexibility index (Phi) is 16.9. The summed E-state index contributed by atoms with van der Waals surface area (Å²) in [4.78, 5) is 87.0. The van der Waals surface area contributed by atoms with Gasteiger partial charge in [-0.05, 0) is 160 Å². The molecule has 10 aliphatic rings. The van der Waals surface area contributed by atoms with Gasteiger partial charge in [-0.25, -0.2) is 4.79 Å². The molecule has 14 rings (SSSR count). The van der Waals surface area contributed by atoms with Crippen LogP contribution in [-0.2, 0) is 38.2 Å². The molecule has 12 atom stereocenters. The molecule has 6 heterocycles. The molecule has 84 heavy (non-hydrogen) atoms. The number of fused-ring (bicyclic) bond motifs is 12. The Morgan fingerprint density at radius 2 is 0.917 bits per heavy atom. The molecule has 6 saturated carbocycles. The van der Waals surface area contributed by atoms with Crippen molar-refractivity contribution in [1.29, 1.82) is 0 Å². The lowest BCUT2D eigenvalue weighted by molar-refractivity contribution is -0.947. The normalized spacial score (nSPS) is 32.1. The molecule has 0 spiro atoms. The van der Waals surface area contributed by atoms with Gasteiger partial charge in [-0.1, -0.05) is 56.9 Å². The molecule has 12 unspecified atom stereocenters. The lowest BCUT2D eigenvalue weighted by Gasteiger charge is -2.47. The van der Waals surface area contributed by atoms with E-state index in [0.29, 0.717) is 78.1 Å². The van der Waals surface area contributed by atoms with Crippen molar-refractivity contribution >= 4 is 90.6 Å². The number of imide groups is 2. The molecular weight excluding hydrogens is 1100 g/mol. The van der Waals surface area contributed by atoms with Gasteiger partial charge in [0.15, 0.2) is 11.6 Å². The fourth-order valence-electron chi connectivity index (χ4n) is 18.3. The van der Waals surface area contributed by atoms with Crippen molar-refractivity contribution in [2.75, 3.05) is 108 Å². The smallest absolute Gasteiger partial charge is 0.434 e. The lowest BCUT2D eigenvalue weighted by atomic mass is 9.78. The first-order chi connectivity index (χ1) is 40.9. The minimum absolute atomic E-state index is 0.0375. The number of carbonyl (C=O) groups is 6. The van der Waals surface area contributed by atoms with Crippen LogP contribution in [0, 0.1) is 71.0 Å². The van der Waals surface area contributed by atoms with Crippen LogP contribution in [0.4, 0.5) is 16.4 Å². The van der Waals surface area contributed by atoms with Crippen LogP contribution < -0.4 is 9.80 Å². The molecule has 6 aliphatic carbocycles. The monoisotopic (exact) mass is 1190 g/mol. The number of nitrogens with zero attached hydrogens (tertiary/aromatic N) is 8. The van der Waals surface area contributed by atoms with E-state index in [2.05, 4.69) is 58.3 Å². The van der Waals surface area contributed by atoms with Crippen molar-refractivity contribution < 1.29 is 51.9 Å². The van der Waals surface area contributed by atoms with Gasteiger partial charge < -0.3 is 24.0 Å². The molecule has 10 fully saturated rings. The standard InChI is InChI=1S/C33H45N4O4S.C32H43N4O5S/c1-2-7-28(38)41-21-37(16-14-35(15-17-37)31-26-10-5-6-11-27(26)42-34-31)20-25-9-4-3-8-24(25)19-36-32(39)29-22-12-13-23(18-22)30(29)33(36)40;1-2-40-32(39)41-20-36(15-13-34(14-16-36)29-25-9-5-6-10-26(25)42-33-29)19-24-8-4-3-7-23(24)18-35-30(37)27-21-11-12-22(17-21)28(27)31(35)38/h5-6,10-11,22-25,29-30H,2-4,7-9,12-21H2,1H3;5-6,9-10,21-24,27-28H,2-4,7-8,11-20H2,1H3/q2*+1. The lowest BCUT2D eigenvalue weighted by Crippen LogP contribution is -2.63. The molecule has 17 nitrogen and oxygen atoms in total. The Bertz CT molecular complexity index is 2820. The summed E-state index contributed by atoms with van der Waals surface area (Å²) in [6.07, 6.45) is 16.2. The van der Waals surface area contributed by atoms with Crippen molar-refractivity contribution in [2.45, 2.75) is 117 Å².